The van der Waals surface area contributed by atoms with Crippen molar-refractivity contribution in [3.63, 3.8) is 0 Å². The van der Waals surface area contributed by atoms with Gasteiger partial charge in [-0.2, -0.15) is 0 Å². The zero-order valence-corrected chi connectivity index (χ0v) is 19.9. The van der Waals surface area contributed by atoms with Crippen molar-refractivity contribution in [2.24, 2.45) is 0 Å². The molecule has 0 bridgehead atoms. The summed E-state index contributed by atoms with van der Waals surface area (Å²) in [5, 5.41) is 4.01. The first-order valence-corrected chi connectivity index (χ1v) is 12.3. The molecule has 1 fully saturated rings. The lowest BCUT2D eigenvalue weighted by molar-refractivity contribution is 0.205. The van der Waals surface area contributed by atoms with Crippen LogP contribution in [0.2, 0.25) is 0 Å². The summed E-state index contributed by atoms with van der Waals surface area (Å²) in [7, 11) is 0. The molecule has 2 amide bonds. The second-order valence-electron chi connectivity index (χ2n) is 9.25. The Labute approximate surface area is 208 Å². The van der Waals surface area contributed by atoms with Gasteiger partial charge in [0.25, 0.3) is 0 Å². The molecule has 4 aromatic rings. The highest BCUT2D eigenvalue weighted by molar-refractivity contribution is 5.97. The quantitative estimate of drug-likeness (QED) is 0.444. The van der Waals surface area contributed by atoms with Crippen LogP contribution < -0.4 is 5.32 Å². The van der Waals surface area contributed by atoms with Crippen LogP contribution in [-0.4, -0.2) is 69.6 Å². The average molecular weight is 483 g/mol. The van der Waals surface area contributed by atoms with Crippen molar-refractivity contribution in [1.29, 1.82) is 0 Å². The van der Waals surface area contributed by atoms with E-state index in [1.807, 2.05) is 29.4 Å². The number of nitrogens with one attached hydrogen (secondary N) is 1. The number of urea groups is 1. The minimum absolute atomic E-state index is 0.0384. The summed E-state index contributed by atoms with van der Waals surface area (Å²) >= 11 is 0. The molecular formula is C28H27FN6O. The van der Waals surface area contributed by atoms with Crippen LogP contribution in [-0.2, 0) is 0 Å². The van der Waals surface area contributed by atoms with Gasteiger partial charge in [-0.3, -0.25) is 4.90 Å². The molecule has 0 saturated carbocycles. The van der Waals surface area contributed by atoms with Crippen LogP contribution in [0.5, 0.6) is 0 Å². The van der Waals surface area contributed by atoms with Crippen LogP contribution >= 0.6 is 0 Å². The molecule has 1 saturated heterocycles. The third kappa shape index (κ3) is 4.35. The number of carbonyl (C=O) groups excluding carboxylic acids is 1. The Kier molecular flexibility index (Phi) is 5.95. The van der Waals surface area contributed by atoms with E-state index in [1.54, 1.807) is 0 Å². The maximum absolute atomic E-state index is 13.6. The van der Waals surface area contributed by atoms with Crippen LogP contribution in [0.15, 0.2) is 73.5 Å². The van der Waals surface area contributed by atoms with Gasteiger partial charge in [-0.05, 0) is 54.0 Å². The van der Waals surface area contributed by atoms with Crippen molar-refractivity contribution in [1.82, 2.24) is 29.7 Å². The average Bonchev–Trinajstić information content (AvgIpc) is 3.51. The summed E-state index contributed by atoms with van der Waals surface area (Å²) < 4.78 is 15.7. The smallest absolute Gasteiger partial charge is 0.317 e. The number of halogens is 1. The number of carbonyl (C=O) groups is 1. The van der Waals surface area contributed by atoms with Gasteiger partial charge in [0.15, 0.2) is 0 Å². The van der Waals surface area contributed by atoms with Gasteiger partial charge in [-0.15, -0.1) is 0 Å². The van der Waals surface area contributed by atoms with E-state index in [1.165, 1.54) is 29.6 Å². The van der Waals surface area contributed by atoms with Gasteiger partial charge in [0.05, 0.1) is 5.52 Å². The molecule has 4 heterocycles. The SMILES string of the molecule is O=C1NCCN1CCN1CC=C(c2cn(-c3ccc(F)cc3)c3ccc(-c4cncnc4)cc23)CC1. The highest BCUT2D eigenvalue weighted by atomic mass is 19.1. The van der Waals surface area contributed by atoms with Crippen molar-refractivity contribution in [2.75, 3.05) is 39.3 Å². The lowest BCUT2D eigenvalue weighted by Crippen LogP contribution is -2.38. The van der Waals surface area contributed by atoms with E-state index in [4.69, 9.17) is 0 Å². The molecule has 36 heavy (non-hydrogen) atoms. The molecule has 0 radical (unpaired) electrons. The molecular weight excluding hydrogens is 455 g/mol. The van der Waals surface area contributed by atoms with Crippen molar-refractivity contribution < 1.29 is 9.18 Å². The van der Waals surface area contributed by atoms with Gasteiger partial charge in [-0.25, -0.2) is 19.2 Å². The molecule has 0 unspecified atom stereocenters. The Morgan fingerprint density at radius 3 is 2.53 bits per heavy atom. The van der Waals surface area contributed by atoms with Crippen LogP contribution in [0.4, 0.5) is 9.18 Å². The number of amides is 2. The second kappa shape index (κ2) is 9.54. The van der Waals surface area contributed by atoms with E-state index in [-0.39, 0.29) is 11.8 Å². The number of hydrogen-bond acceptors (Lipinski definition) is 4. The minimum atomic E-state index is -0.247. The number of nitrogens with zero attached hydrogens (tertiary/aromatic N) is 5. The third-order valence-corrected chi connectivity index (χ3v) is 7.07. The van der Waals surface area contributed by atoms with Crippen LogP contribution in [0.3, 0.4) is 0 Å². The highest BCUT2D eigenvalue weighted by Crippen LogP contribution is 2.35. The lowest BCUT2D eigenvalue weighted by Gasteiger charge is -2.28. The maximum atomic E-state index is 13.6. The van der Waals surface area contributed by atoms with Crippen molar-refractivity contribution in [2.45, 2.75) is 6.42 Å². The summed E-state index contributed by atoms with van der Waals surface area (Å²) in [6.45, 7) is 4.93. The Balaban J connectivity index is 1.33. The fourth-order valence-electron chi connectivity index (χ4n) is 5.07. The molecule has 1 N–H and O–H groups in total. The van der Waals surface area contributed by atoms with Gasteiger partial charge < -0.3 is 14.8 Å². The van der Waals surface area contributed by atoms with E-state index in [9.17, 15) is 9.18 Å². The van der Waals surface area contributed by atoms with E-state index in [2.05, 4.69) is 55.2 Å². The molecule has 0 aliphatic carbocycles. The van der Waals surface area contributed by atoms with E-state index >= 15 is 0 Å². The third-order valence-electron chi connectivity index (χ3n) is 7.07. The molecule has 2 aliphatic rings. The number of aromatic nitrogens is 3. The molecule has 7 nitrogen and oxygen atoms in total. The molecule has 0 spiro atoms. The Hall–Kier alpha value is -4.04. The van der Waals surface area contributed by atoms with Gasteiger partial charge in [0.2, 0.25) is 0 Å². The summed E-state index contributed by atoms with van der Waals surface area (Å²) in [6.07, 6.45) is 10.6. The number of rotatable bonds is 6. The predicted molar refractivity (Wildman–Crippen MR) is 138 cm³/mol. The number of fused-ring (bicyclic) bond motifs is 1. The first kappa shape index (κ1) is 22.4. The van der Waals surface area contributed by atoms with E-state index < -0.39 is 0 Å². The van der Waals surface area contributed by atoms with Gasteiger partial charge in [-0.1, -0.05) is 12.1 Å². The van der Waals surface area contributed by atoms with Crippen LogP contribution in [0, 0.1) is 5.82 Å². The van der Waals surface area contributed by atoms with E-state index in [0.29, 0.717) is 0 Å². The normalized spacial score (nSPS) is 16.4. The van der Waals surface area contributed by atoms with Gasteiger partial charge in [0.1, 0.15) is 12.1 Å². The summed E-state index contributed by atoms with van der Waals surface area (Å²) in [5.74, 6) is -0.247. The zero-order valence-electron chi connectivity index (χ0n) is 19.9. The predicted octanol–water partition coefficient (Wildman–Crippen LogP) is 4.34. The monoisotopic (exact) mass is 482 g/mol. The van der Waals surface area contributed by atoms with Crippen molar-refractivity contribution in [3.8, 4) is 16.8 Å². The van der Waals surface area contributed by atoms with Crippen molar-refractivity contribution in [3.05, 3.63) is 84.8 Å². The largest absolute Gasteiger partial charge is 0.336 e. The number of benzene rings is 2. The lowest BCUT2D eigenvalue weighted by atomic mass is 9.97. The summed E-state index contributed by atoms with van der Waals surface area (Å²) in [4.78, 5) is 24.5. The fraction of sp³-hybridized carbons (Fsp3) is 0.250. The molecule has 0 atom stereocenters. The Morgan fingerprint density at radius 2 is 1.81 bits per heavy atom. The molecule has 8 heteroatoms. The molecule has 2 aromatic carbocycles. The number of hydrogen-bond donors (Lipinski definition) is 1. The van der Waals surface area contributed by atoms with Crippen LogP contribution in [0.25, 0.3) is 33.3 Å². The summed E-state index contributed by atoms with van der Waals surface area (Å²) in [6, 6.07) is 13.0. The van der Waals surface area contributed by atoms with Gasteiger partial charge >= 0.3 is 6.03 Å². The fourth-order valence-corrected chi connectivity index (χ4v) is 5.07. The molecule has 2 aromatic heterocycles. The van der Waals surface area contributed by atoms with Crippen molar-refractivity contribution >= 4 is 22.5 Å². The minimum Gasteiger partial charge on any atom is -0.336 e. The standard InChI is InChI=1S/C28H27FN6O/c29-23-2-4-24(5-3-23)35-18-26(25-15-21(1-6-27(25)35)22-16-30-19-31-17-22)20-7-10-33(11-8-20)13-14-34-12-9-32-28(34)36/h1-7,15-19H,8-14H2,(H,32,36). The maximum Gasteiger partial charge on any atom is 0.317 e. The van der Waals surface area contributed by atoms with Gasteiger partial charge in [0, 0.05) is 80.1 Å². The first-order valence-electron chi connectivity index (χ1n) is 12.3. The Morgan fingerprint density at radius 1 is 0.972 bits per heavy atom. The molecule has 182 valence electrons. The Bertz CT molecular complexity index is 1430. The summed E-state index contributed by atoms with van der Waals surface area (Å²) in [5.41, 5.74) is 6.51. The zero-order chi connectivity index (χ0) is 24.5. The van der Waals surface area contributed by atoms with Crippen LogP contribution in [0.1, 0.15) is 12.0 Å². The highest BCUT2D eigenvalue weighted by Gasteiger charge is 2.22. The van der Waals surface area contributed by atoms with E-state index in [0.717, 1.165) is 73.4 Å². The molecule has 6 rings (SSSR count). The topological polar surface area (TPSA) is 66.3 Å². The molecule has 2 aliphatic heterocycles. The second-order valence-corrected chi connectivity index (χ2v) is 9.25. The first-order chi connectivity index (χ1) is 17.7.